The summed E-state index contributed by atoms with van der Waals surface area (Å²) >= 11 is 0. The lowest BCUT2D eigenvalue weighted by atomic mass is 9.97. The standard InChI is InChI=1S/C41H57N5O7/c1-27(2)24-34-40(51)46-23-15-20-32(46)38(49)43-31(25-29-16-9-7-10-17-29)39(50)45(6)36(28(3)4)41(52)44(5)33(26-30-18-11-8-12-19-30)37(48)42-22-14-13-21-35(47)53-34/h7-12,16-19,27-28,31-34,36H,13-15,20-26H2,1-6H3,(H,42,48)(H,43,49). The Bertz CT molecular complexity index is 1570. The number of cyclic esters (lactones) is 1. The van der Waals surface area contributed by atoms with Gasteiger partial charge in [-0.25, -0.2) is 0 Å². The molecule has 12 nitrogen and oxygen atoms in total. The van der Waals surface area contributed by atoms with Gasteiger partial charge >= 0.3 is 5.97 Å². The van der Waals surface area contributed by atoms with Crippen LogP contribution in [0.5, 0.6) is 0 Å². The Kier molecular flexibility index (Phi) is 15.0. The maximum atomic E-state index is 14.5. The second kappa shape index (κ2) is 19.4. The highest BCUT2D eigenvalue weighted by atomic mass is 16.5. The molecule has 0 bridgehead atoms. The first-order chi connectivity index (χ1) is 25.3. The number of likely N-dealkylation sites (N-methyl/N-ethyl adjacent to an activating group) is 2. The molecule has 53 heavy (non-hydrogen) atoms. The van der Waals surface area contributed by atoms with Crippen LogP contribution in [0, 0.1) is 11.8 Å². The van der Waals surface area contributed by atoms with E-state index in [1.807, 2.05) is 88.4 Å². The summed E-state index contributed by atoms with van der Waals surface area (Å²) in [5.41, 5.74) is 1.67. The molecule has 2 saturated heterocycles. The lowest BCUT2D eigenvalue weighted by molar-refractivity contribution is -0.162. The summed E-state index contributed by atoms with van der Waals surface area (Å²) in [4.78, 5) is 88.0. The molecule has 2 aliphatic rings. The molecule has 5 unspecified atom stereocenters. The molecule has 2 N–H and O–H groups in total. The lowest BCUT2D eigenvalue weighted by Crippen LogP contribution is -2.60. The van der Waals surface area contributed by atoms with E-state index in [1.54, 1.807) is 14.1 Å². The van der Waals surface area contributed by atoms with Gasteiger partial charge in [0.2, 0.25) is 23.6 Å². The Morgan fingerprint density at radius 2 is 1.36 bits per heavy atom. The number of amides is 5. The van der Waals surface area contributed by atoms with Crippen LogP contribution in [-0.2, 0) is 46.3 Å². The summed E-state index contributed by atoms with van der Waals surface area (Å²) in [6, 6.07) is 14.9. The predicted molar refractivity (Wildman–Crippen MR) is 201 cm³/mol. The molecule has 288 valence electrons. The minimum absolute atomic E-state index is 0.0401. The molecular weight excluding hydrogens is 674 g/mol. The number of rotatable bonds is 7. The molecule has 4 rings (SSSR count). The van der Waals surface area contributed by atoms with E-state index in [2.05, 4.69) is 10.6 Å². The highest BCUT2D eigenvalue weighted by Crippen LogP contribution is 2.24. The van der Waals surface area contributed by atoms with Crippen molar-refractivity contribution in [2.24, 2.45) is 11.8 Å². The molecule has 2 fully saturated rings. The third kappa shape index (κ3) is 11.1. The maximum Gasteiger partial charge on any atom is 0.306 e. The monoisotopic (exact) mass is 731 g/mol. The SMILES string of the molecule is CC(C)CC1OC(=O)CCCCNC(=O)C(Cc2ccccc2)N(C)C(=O)C(C(C)C)N(C)C(=O)C(Cc2ccccc2)NC(=O)C2CCCN2C1=O. The average molecular weight is 732 g/mol. The van der Waals surface area contributed by atoms with E-state index in [-0.39, 0.29) is 43.6 Å². The molecule has 2 aromatic carbocycles. The van der Waals surface area contributed by atoms with E-state index in [1.165, 1.54) is 14.7 Å². The van der Waals surface area contributed by atoms with Crippen molar-refractivity contribution in [1.82, 2.24) is 25.3 Å². The summed E-state index contributed by atoms with van der Waals surface area (Å²) in [6.45, 7) is 8.15. The van der Waals surface area contributed by atoms with Gasteiger partial charge in [-0.1, -0.05) is 88.4 Å². The van der Waals surface area contributed by atoms with Crippen molar-refractivity contribution >= 4 is 35.5 Å². The molecule has 2 heterocycles. The maximum absolute atomic E-state index is 14.5. The van der Waals surface area contributed by atoms with Crippen LogP contribution in [0.15, 0.2) is 60.7 Å². The highest BCUT2D eigenvalue weighted by molar-refractivity contribution is 5.96. The van der Waals surface area contributed by atoms with Crippen molar-refractivity contribution in [3.63, 3.8) is 0 Å². The third-order valence-electron chi connectivity index (χ3n) is 10.1. The van der Waals surface area contributed by atoms with Gasteiger partial charge in [-0.2, -0.15) is 0 Å². The molecule has 2 aliphatic heterocycles. The second-order valence-electron chi connectivity index (χ2n) is 15.1. The van der Waals surface area contributed by atoms with Gasteiger partial charge in [-0.3, -0.25) is 28.8 Å². The van der Waals surface area contributed by atoms with Crippen LogP contribution in [0.2, 0.25) is 0 Å². The Balaban J connectivity index is 1.72. The quantitative estimate of drug-likeness (QED) is 0.415. The number of hydrogen-bond acceptors (Lipinski definition) is 7. The van der Waals surface area contributed by atoms with Crippen molar-refractivity contribution in [1.29, 1.82) is 0 Å². The fraction of sp³-hybridized carbons (Fsp3) is 0.561. The predicted octanol–water partition coefficient (Wildman–Crippen LogP) is 3.52. The van der Waals surface area contributed by atoms with E-state index >= 15 is 0 Å². The van der Waals surface area contributed by atoms with E-state index in [0.29, 0.717) is 38.6 Å². The summed E-state index contributed by atoms with van der Waals surface area (Å²) in [5, 5.41) is 5.89. The number of fused-ring (bicyclic) bond motifs is 1. The molecule has 0 aliphatic carbocycles. The topological polar surface area (TPSA) is 145 Å². The fourth-order valence-corrected chi connectivity index (χ4v) is 7.26. The lowest BCUT2D eigenvalue weighted by Gasteiger charge is -2.38. The first kappa shape index (κ1) is 41.0. The number of benzene rings is 2. The smallest absolute Gasteiger partial charge is 0.306 e. The van der Waals surface area contributed by atoms with E-state index < -0.39 is 59.9 Å². The molecule has 5 atom stereocenters. The van der Waals surface area contributed by atoms with Crippen molar-refractivity contribution in [2.45, 2.75) is 109 Å². The Morgan fingerprint density at radius 3 is 1.96 bits per heavy atom. The van der Waals surface area contributed by atoms with Gasteiger partial charge in [0.05, 0.1) is 0 Å². The van der Waals surface area contributed by atoms with Crippen molar-refractivity contribution in [2.75, 3.05) is 27.2 Å². The number of carbonyl (C=O) groups excluding carboxylic acids is 6. The van der Waals surface area contributed by atoms with Gasteiger partial charge in [-0.05, 0) is 55.1 Å². The first-order valence-corrected chi connectivity index (χ1v) is 19.0. The van der Waals surface area contributed by atoms with Gasteiger partial charge in [0, 0.05) is 46.4 Å². The normalized spacial score (nSPS) is 24.8. The van der Waals surface area contributed by atoms with Crippen molar-refractivity contribution < 1.29 is 33.5 Å². The minimum Gasteiger partial charge on any atom is -0.452 e. The van der Waals surface area contributed by atoms with Gasteiger partial charge in [0.25, 0.3) is 5.91 Å². The molecule has 5 amide bonds. The molecule has 2 aromatic rings. The zero-order valence-electron chi connectivity index (χ0n) is 32.1. The number of nitrogens with one attached hydrogen (secondary N) is 2. The van der Waals surface area contributed by atoms with Gasteiger partial charge in [-0.15, -0.1) is 0 Å². The number of carbonyl (C=O) groups is 6. The van der Waals surface area contributed by atoms with Crippen molar-refractivity contribution in [3.8, 4) is 0 Å². The summed E-state index contributed by atoms with van der Waals surface area (Å²) in [6.07, 6.45) is 1.56. The van der Waals surface area contributed by atoms with Gasteiger partial charge in [0.1, 0.15) is 24.2 Å². The second-order valence-corrected chi connectivity index (χ2v) is 15.1. The van der Waals surface area contributed by atoms with Gasteiger partial charge in [0.15, 0.2) is 6.10 Å². The van der Waals surface area contributed by atoms with E-state index in [9.17, 15) is 28.8 Å². The number of nitrogens with zero attached hydrogens (tertiary/aromatic N) is 3. The zero-order valence-corrected chi connectivity index (χ0v) is 32.1. The van der Waals surface area contributed by atoms with Crippen LogP contribution in [0.3, 0.4) is 0 Å². The molecular formula is C41H57N5O7. The molecule has 0 saturated carbocycles. The molecule has 12 heteroatoms. The van der Waals surface area contributed by atoms with E-state index in [0.717, 1.165) is 11.1 Å². The van der Waals surface area contributed by atoms with Crippen molar-refractivity contribution in [3.05, 3.63) is 71.8 Å². The average Bonchev–Trinajstić information content (AvgIpc) is 3.63. The number of ether oxygens (including phenoxy) is 1. The van der Waals surface area contributed by atoms with Crippen LogP contribution in [0.25, 0.3) is 0 Å². The van der Waals surface area contributed by atoms with Crippen LogP contribution >= 0.6 is 0 Å². The Morgan fingerprint density at radius 1 is 0.736 bits per heavy atom. The largest absolute Gasteiger partial charge is 0.452 e. The Hall–Kier alpha value is -4.74. The molecule has 0 aromatic heterocycles. The summed E-state index contributed by atoms with van der Waals surface area (Å²) in [5.74, 6) is -2.97. The third-order valence-corrected chi connectivity index (χ3v) is 10.1. The molecule has 0 spiro atoms. The first-order valence-electron chi connectivity index (χ1n) is 19.0. The molecule has 0 radical (unpaired) electrons. The number of hydrogen-bond donors (Lipinski definition) is 2. The van der Waals surface area contributed by atoms with E-state index in [4.69, 9.17) is 4.74 Å². The summed E-state index contributed by atoms with van der Waals surface area (Å²) in [7, 11) is 3.14. The zero-order chi connectivity index (χ0) is 38.7. The fourth-order valence-electron chi connectivity index (χ4n) is 7.26. The van der Waals surface area contributed by atoms with Crippen LogP contribution in [0.4, 0.5) is 0 Å². The minimum atomic E-state index is -1.06. The highest BCUT2D eigenvalue weighted by Gasteiger charge is 2.42. The van der Waals surface area contributed by atoms with Crippen LogP contribution < -0.4 is 10.6 Å². The van der Waals surface area contributed by atoms with Crippen LogP contribution in [0.1, 0.15) is 77.3 Å². The van der Waals surface area contributed by atoms with Crippen LogP contribution in [-0.4, -0.2) is 108 Å². The summed E-state index contributed by atoms with van der Waals surface area (Å²) < 4.78 is 5.76. The van der Waals surface area contributed by atoms with Gasteiger partial charge < -0.3 is 30.1 Å². The Labute approximate surface area is 314 Å². The number of esters is 1.